The standard InChI is InChI=1S/C14H19ClO/c1-5-10(3)7-12-9-13(15)11(4)8-14(12)16-6-2/h5,8-10H,1,6-7H2,2-4H3. The monoisotopic (exact) mass is 238 g/mol. The van der Waals surface area contributed by atoms with Crippen molar-refractivity contribution in [1.82, 2.24) is 0 Å². The Morgan fingerprint density at radius 1 is 1.50 bits per heavy atom. The van der Waals surface area contributed by atoms with Crippen LogP contribution in [0.1, 0.15) is 25.0 Å². The minimum Gasteiger partial charge on any atom is -0.494 e. The average Bonchev–Trinajstić information content (AvgIpc) is 2.25. The Morgan fingerprint density at radius 2 is 2.19 bits per heavy atom. The molecule has 0 N–H and O–H groups in total. The molecule has 0 bridgehead atoms. The Balaban J connectivity index is 3.03. The SMILES string of the molecule is C=CC(C)Cc1cc(Cl)c(C)cc1OCC. The predicted molar refractivity (Wildman–Crippen MR) is 70.4 cm³/mol. The Morgan fingerprint density at radius 3 is 2.75 bits per heavy atom. The zero-order valence-corrected chi connectivity index (χ0v) is 11.0. The maximum Gasteiger partial charge on any atom is 0.122 e. The third-order valence-corrected chi connectivity index (χ3v) is 2.99. The Labute approximate surface area is 103 Å². The molecule has 0 aliphatic heterocycles. The molecular formula is C14H19ClO. The van der Waals surface area contributed by atoms with Gasteiger partial charge in [-0.15, -0.1) is 6.58 Å². The summed E-state index contributed by atoms with van der Waals surface area (Å²) in [5, 5.41) is 0.801. The fourth-order valence-corrected chi connectivity index (χ4v) is 1.76. The van der Waals surface area contributed by atoms with Gasteiger partial charge in [0.15, 0.2) is 0 Å². The van der Waals surface area contributed by atoms with Crippen LogP contribution in [0.4, 0.5) is 0 Å². The lowest BCUT2D eigenvalue weighted by Gasteiger charge is -2.14. The van der Waals surface area contributed by atoms with Crippen LogP contribution in [0, 0.1) is 12.8 Å². The second-order valence-corrected chi connectivity index (χ2v) is 4.47. The van der Waals surface area contributed by atoms with E-state index < -0.39 is 0 Å². The molecule has 0 saturated heterocycles. The van der Waals surface area contributed by atoms with E-state index in [-0.39, 0.29) is 0 Å². The largest absolute Gasteiger partial charge is 0.494 e. The molecule has 0 spiro atoms. The number of aryl methyl sites for hydroxylation is 1. The molecule has 1 atom stereocenters. The molecule has 1 aromatic rings. The second kappa shape index (κ2) is 5.95. The first kappa shape index (κ1) is 13.1. The molecule has 0 radical (unpaired) electrons. The second-order valence-electron chi connectivity index (χ2n) is 4.06. The fraction of sp³-hybridized carbons (Fsp3) is 0.429. The molecule has 1 rings (SSSR count). The fourth-order valence-electron chi connectivity index (χ4n) is 1.58. The van der Waals surface area contributed by atoms with E-state index in [2.05, 4.69) is 13.5 Å². The van der Waals surface area contributed by atoms with E-state index in [4.69, 9.17) is 16.3 Å². The van der Waals surface area contributed by atoms with E-state index in [1.165, 1.54) is 0 Å². The Hall–Kier alpha value is -0.950. The Kier molecular flexibility index (Phi) is 4.88. The van der Waals surface area contributed by atoms with Crippen molar-refractivity contribution < 1.29 is 4.74 Å². The number of allylic oxidation sites excluding steroid dienone is 1. The summed E-state index contributed by atoms with van der Waals surface area (Å²) in [6, 6.07) is 4.01. The number of hydrogen-bond donors (Lipinski definition) is 0. The van der Waals surface area contributed by atoms with Crippen LogP contribution in [0.3, 0.4) is 0 Å². The first-order valence-corrected chi connectivity index (χ1v) is 6.00. The van der Waals surface area contributed by atoms with Gasteiger partial charge >= 0.3 is 0 Å². The summed E-state index contributed by atoms with van der Waals surface area (Å²) in [5.74, 6) is 1.37. The van der Waals surface area contributed by atoms with Crippen molar-refractivity contribution in [3.05, 3.63) is 40.9 Å². The van der Waals surface area contributed by atoms with Gasteiger partial charge in [-0.05, 0) is 49.4 Å². The highest BCUT2D eigenvalue weighted by Crippen LogP contribution is 2.28. The highest BCUT2D eigenvalue weighted by Gasteiger charge is 2.09. The van der Waals surface area contributed by atoms with Crippen LogP contribution in [0.15, 0.2) is 24.8 Å². The van der Waals surface area contributed by atoms with Crippen molar-refractivity contribution in [2.24, 2.45) is 5.92 Å². The van der Waals surface area contributed by atoms with Crippen molar-refractivity contribution in [3.8, 4) is 5.75 Å². The van der Waals surface area contributed by atoms with Gasteiger partial charge in [-0.25, -0.2) is 0 Å². The molecule has 0 aliphatic carbocycles. The van der Waals surface area contributed by atoms with E-state index >= 15 is 0 Å². The number of halogens is 1. The van der Waals surface area contributed by atoms with E-state index in [0.717, 1.165) is 28.3 Å². The molecule has 0 saturated carbocycles. The van der Waals surface area contributed by atoms with E-state index in [1.807, 2.05) is 32.1 Å². The minimum atomic E-state index is 0.429. The van der Waals surface area contributed by atoms with Gasteiger partial charge < -0.3 is 4.74 Å². The summed E-state index contributed by atoms with van der Waals surface area (Å²) in [6.07, 6.45) is 2.86. The quantitative estimate of drug-likeness (QED) is 0.691. The molecule has 16 heavy (non-hydrogen) atoms. The summed E-state index contributed by atoms with van der Waals surface area (Å²) < 4.78 is 5.63. The van der Waals surface area contributed by atoms with Crippen molar-refractivity contribution in [3.63, 3.8) is 0 Å². The van der Waals surface area contributed by atoms with Gasteiger partial charge in [0, 0.05) is 5.02 Å². The first-order chi connectivity index (χ1) is 7.58. The number of hydrogen-bond acceptors (Lipinski definition) is 1. The van der Waals surface area contributed by atoms with E-state index in [1.54, 1.807) is 0 Å². The normalized spacial score (nSPS) is 12.2. The number of benzene rings is 1. The maximum absolute atomic E-state index is 6.13. The van der Waals surface area contributed by atoms with E-state index in [9.17, 15) is 0 Å². The average molecular weight is 239 g/mol. The molecule has 0 fully saturated rings. The van der Waals surface area contributed by atoms with Gasteiger partial charge in [0.25, 0.3) is 0 Å². The molecule has 0 heterocycles. The molecule has 0 aliphatic rings. The zero-order valence-electron chi connectivity index (χ0n) is 10.2. The molecule has 1 aromatic carbocycles. The van der Waals surface area contributed by atoms with Gasteiger partial charge in [-0.3, -0.25) is 0 Å². The lowest BCUT2D eigenvalue weighted by Crippen LogP contribution is -2.02. The highest BCUT2D eigenvalue weighted by atomic mass is 35.5. The predicted octanol–water partition coefficient (Wildman–Crippen LogP) is 4.41. The lowest BCUT2D eigenvalue weighted by atomic mass is 9.99. The molecule has 1 unspecified atom stereocenters. The smallest absolute Gasteiger partial charge is 0.122 e. The summed E-state index contributed by atoms with van der Waals surface area (Å²) in [6.45, 7) is 10.6. The van der Waals surface area contributed by atoms with Crippen LogP contribution in [-0.2, 0) is 6.42 Å². The molecule has 2 heteroatoms. The van der Waals surface area contributed by atoms with Crippen LogP contribution in [0.5, 0.6) is 5.75 Å². The summed E-state index contributed by atoms with van der Waals surface area (Å²) in [7, 11) is 0. The molecular weight excluding hydrogens is 220 g/mol. The third kappa shape index (κ3) is 3.28. The van der Waals surface area contributed by atoms with Crippen LogP contribution >= 0.6 is 11.6 Å². The minimum absolute atomic E-state index is 0.429. The van der Waals surface area contributed by atoms with Crippen LogP contribution in [-0.4, -0.2) is 6.61 Å². The van der Waals surface area contributed by atoms with Crippen molar-refractivity contribution in [2.45, 2.75) is 27.2 Å². The third-order valence-electron chi connectivity index (χ3n) is 2.59. The number of ether oxygens (including phenoxy) is 1. The van der Waals surface area contributed by atoms with E-state index in [0.29, 0.717) is 12.5 Å². The van der Waals surface area contributed by atoms with Crippen LogP contribution in [0.25, 0.3) is 0 Å². The molecule has 1 nitrogen and oxygen atoms in total. The van der Waals surface area contributed by atoms with Crippen molar-refractivity contribution in [1.29, 1.82) is 0 Å². The first-order valence-electron chi connectivity index (χ1n) is 5.62. The summed E-state index contributed by atoms with van der Waals surface area (Å²) >= 11 is 6.13. The van der Waals surface area contributed by atoms with Gasteiger partial charge in [0.1, 0.15) is 5.75 Å². The van der Waals surface area contributed by atoms with Gasteiger partial charge in [0.05, 0.1) is 6.61 Å². The Bertz CT molecular complexity index is 371. The molecule has 0 amide bonds. The summed E-state index contributed by atoms with van der Waals surface area (Å²) in [4.78, 5) is 0. The van der Waals surface area contributed by atoms with Crippen molar-refractivity contribution >= 4 is 11.6 Å². The van der Waals surface area contributed by atoms with Crippen LogP contribution < -0.4 is 4.74 Å². The highest BCUT2D eigenvalue weighted by molar-refractivity contribution is 6.31. The van der Waals surface area contributed by atoms with Crippen molar-refractivity contribution in [2.75, 3.05) is 6.61 Å². The lowest BCUT2D eigenvalue weighted by molar-refractivity contribution is 0.335. The topological polar surface area (TPSA) is 9.23 Å². The zero-order chi connectivity index (χ0) is 12.1. The number of rotatable bonds is 5. The van der Waals surface area contributed by atoms with Crippen LogP contribution in [0.2, 0.25) is 5.02 Å². The van der Waals surface area contributed by atoms with Gasteiger partial charge in [0.2, 0.25) is 0 Å². The maximum atomic E-state index is 6.13. The summed E-state index contributed by atoms with van der Waals surface area (Å²) in [5.41, 5.74) is 2.21. The van der Waals surface area contributed by atoms with Gasteiger partial charge in [-0.1, -0.05) is 24.6 Å². The molecule has 0 aromatic heterocycles. The molecule has 88 valence electrons. The van der Waals surface area contributed by atoms with Gasteiger partial charge in [-0.2, -0.15) is 0 Å².